The van der Waals surface area contributed by atoms with Gasteiger partial charge in [-0.15, -0.1) is 0 Å². The quantitative estimate of drug-likeness (QED) is 0.567. The van der Waals surface area contributed by atoms with Crippen LogP contribution in [0.5, 0.6) is 0 Å². The molecule has 0 aliphatic rings. The van der Waals surface area contributed by atoms with Crippen molar-refractivity contribution in [2.45, 2.75) is 38.7 Å². The summed E-state index contributed by atoms with van der Waals surface area (Å²) < 4.78 is 5.23. The summed E-state index contributed by atoms with van der Waals surface area (Å²) in [4.78, 5) is 0. The van der Waals surface area contributed by atoms with Gasteiger partial charge in [-0.25, -0.2) is 0 Å². The minimum absolute atomic E-state index is 0.0137. The van der Waals surface area contributed by atoms with Crippen LogP contribution in [0.4, 0.5) is 0 Å². The molecule has 0 aliphatic heterocycles. The van der Waals surface area contributed by atoms with E-state index in [0.717, 1.165) is 6.42 Å². The van der Waals surface area contributed by atoms with Gasteiger partial charge >= 0.3 is 0 Å². The average molecular weight is 176 g/mol. The van der Waals surface area contributed by atoms with Crippen molar-refractivity contribution in [2.75, 3.05) is 19.8 Å². The fourth-order valence-corrected chi connectivity index (χ4v) is 0.966. The Morgan fingerprint density at radius 2 is 2.00 bits per heavy atom. The lowest BCUT2D eigenvalue weighted by molar-refractivity contribution is -0.0613. The second kappa shape index (κ2) is 6.40. The van der Waals surface area contributed by atoms with Crippen LogP contribution in [0.3, 0.4) is 0 Å². The average Bonchev–Trinajstić information content (AvgIpc) is 2.06. The van der Waals surface area contributed by atoms with Crippen LogP contribution >= 0.6 is 0 Å². The van der Waals surface area contributed by atoms with Crippen LogP contribution in [0.1, 0.15) is 33.1 Å². The van der Waals surface area contributed by atoms with Gasteiger partial charge in [0.25, 0.3) is 0 Å². The largest absolute Gasteiger partial charge is 0.396 e. The Labute approximate surface area is 74.4 Å². The zero-order valence-electron chi connectivity index (χ0n) is 8.05. The molecule has 3 heteroatoms. The predicted octanol–water partition coefficient (Wildman–Crippen LogP) is 0.936. The molecule has 0 spiro atoms. The molecule has 0 heterocycles. The Kier molecular flexibility index (Phi) is 6.34. The lowest BCUT2D eigenvalue weighted by Crippen LogP contribution is -2.35. The summed E-state index contributed by atoms with van der Waals surface area (Å²) in [5.74, 6) is 0. The van der Waals surface area contributed by atoms with E-state index >= 15 is 0 Å². The summed E-state index contributed by atoms with van der Waals surface area (Å²) in [7, 11) is 0. The van der Waals surface area contributed by atoms with Gasteiger partial charge < -0.3 is 14.9 Å². The van der Waals surface area contributed by atoms with E-state index < -0.39 is 5.60 Å². The van der Waals surface area contributed by atoms with Gasteiger partial charge in [0.15, 0.2) is 0 Å². The molecule has 0 aromatic heterocycles. The molecule has 2 N–H and O–H groups in total. The molecular formula is C9H20O3. The Balaban J connectivity index is 3.63. The molecule has 1 unspecified atom stereocenters. The number of ether oxygens (including phenoxy) is 1. The van der Waals surface area contributed by atoms with Gasteiger partial charge in [0.1, 0.15) is 0 Å². The Bertz CT molecular complexity index is 106. The van der Waals surface area contributed by atoms with Gasteiger partial charge in [-0.05, 0) is 12.8 Å². The number of rotatable bonds is 7. The Morgan fingerprint density at radius 1 is 1.33 bits per heavy atom. The van der Waals surface area contributed by atoms with Crippen molar-refractivity contribution >= 4 is 0 Å². The minimum Gasteiger partial charge on any atom is -0.396 e. The summed E-state index contributed by atoms with van der Waals surface area (Å²) in [6.07, 6.45) is 1.98. The first kappa shape index (κ1) is 11.9. The van der Waals surface area contributed by atoms with Gasteiger partial charge in [-0.2, -0.15) is 0 Å². The summed E-state index contributed by atoms with van der Waals surface area (Å²) in [5, 5.41) is 18.4. The Morgan fingerprint density at radius 3 is 2.42 bits per heavy atom. The maximum Gasteiger partial charge on any atom is 0.0899 e. The van der Waals surface area contributed by atoms with Gasteiger partial charge in [-0.3, -0.25) is 0 Å². The standard InChI is InChI=1S/C9H20O3/c1-3-7-12-8-9(11,4-2)5-6-10/h10-11H,3-8H2,1-2H3. The third-order valence-electron chi connectivity index (χ3n) is 1.95. The highest BCUT2D eigenvalue weighted by Crippen LogP contribution is 2.14. The first-order chi connectivity index (χ1) is 5.68. The summed E-state index contributed by atoms with van der Waals surface area (Å²) in [6, 6.07) is 0. The van der Waals surface area contributed by atoms with E-state index in [4.69, 9.17) is 9.84 Å². The van der Waals surface area contributed by atoms with Crippen LogP contribution in [0.25, 0.3) is 0 Å². The van der Waals surface area contributed by atoms with Crippen LogP contribution in [-0.4, -0.2) is 35.6 Å². The van der Waals surface area contributed by atoms with Crippen LogP contribution < -0.4 is 0 Å². The van der Waals surface area contributed by atoms with Crippen molar-refractivity contribution < 1.29 is 14.9 Å². The smallest absolute Gasteiger partial charge is 0.0899 e. The van der Waals surface area contributed by atoms with E-state index in [1.807, 2.05) is 13.8 Å². The van der Waals surface area contributed by atoms with Crippen molar-refractivity contribution in [1.29, 1.82) is 0 Å². The Hall–Kier alpha value is -0.120. The van der Waals surface area contributed by atoms with E-state index in [1.54, 1.807) is 0 Å². The fraction of sp³-hybridized carbons (Fsp3) is 1.00. The highest BCUT2D eigenvalue weighted by Gasteiger charge is 2.23. The van der Waals surface area contributed by atoms with E-state index in [0.29, 0.717) is 26.1 Å². The highest BCUT2D eigenvalue weighted by atomic mass is 16.5. The fourth-order valence-electron chi connectivity index (χ4n) is 0.966. The molecule has 0 fully saturated rings. The number of hydrogen-bond donors (Lipinski definition) is 2. The van der Waals surface area contributed by atoms with E-state index in [-0.39, 0.29) is 6.61 Å². The molecule has 12 heavy (non-hydrogen) atoms. The van der Waals surface area contributed by atoms with Crippen LogP contribution in [0.2, 0.25) is 0 Å². The van der Waals surface area contributed by atoms with E-state index in [1.165, 1.54) is 0 Å². The molecular weight excluding hydrogens is 156 g/mol. The van der Waals surface area contributed by atoms with E-state index in [2.05, 4.69) is 0 Å². The third kappa shape index (κ3) is 4.70. The molecule has 74 valence electrons. The van der Waals surface area contributed by atoms with Crippen molar-refractivity contribution in [3.63, 3.8) is 0 Å². The van der Waals surface area contributed by atoms with Gasteiger partial charge in [0.2, 0.25) is 0 Å². The molecule has 0 aromatic carbocycles. The normalized spacial score (nSPS) is 16.0. The lowest BCUT2D eigenvalue weighted by Gasteiger charge is -2.25. The molecule has 0 aromatic rings. The molecule has 3 nitrogen and oxygen atoms in total. The van der Waals surface area contributed by atoms with Crippen LogP contribution in [-0.2, 0) is 4.74 Å². The molecule has 0 saturated heterocycles. The van der Waals surface area contributed by atoms with Crippen LogP contribution in [0, 0.1) is 0 Å². The maximum absolute atomic E-state index is 9.76. The van der Waals surface area contributed by atoms with Crippen molar-refractivity contribution in [1.82, 2.24) is 0 Å². The first-order valence-electron chi connectivity index (χ1n) is 4.59. The van der Waals surface area contributed by atoms with Gasteiger partial charge in [0.05, 0.1) is 12.2 Å². The zero-order chi connectivity index (χ0) is 9.45. The molecule has 0 rings (SSSR count). The number of aliphatic hydroxyl groups is 2. The third-order valence-corrected chi connectivity index (χ3v) is 1.95. The number of hydrogen-bond acceptors (Lipinski definition) is 3. The molecule has 0 radical (unpaired) electrons. The van der Waals surface area contributed by atoms with Gasteiger partial charge in [-0.1, -0.05) is 13.8 Å². The SMILES string of the molecule is CCCOCC(O)(CC)CCO. The number of aliphatic hydroxyl groups excluding tert-OH is 1. The molecule has 1 atom stereocenters. The molecule has 0 amide bonds. The van der Waals surface area contributed by atoms with Crippen molar-refractivity contribution in [3.05, 3.63) is 0 Å². The molecule has 0 saturated carbocycles. The topological polar surface area (TPSA) is 49.7 Å². The van der Waals surface area contributed by atoms with Crippen molar-refractivity contribution in [2.24, 2.45) is 0 Å². The van der Waals surface area contributed by atoms with E-state index in [9.17, 15) is 5.11 Å². The second-order valence-electron chi connectivity index (χ2n) is 3.10. The second-order valence-corrected chi connectivity index (χ2v) is 3.10. The molecule has 0 aliphatic carbocycles. The van der Waals surface area contributed by atoms with Gasteiger partial charge in [0, 0.05) is 19.6 Å². The first-order valence-corrected chi connectivity index (χ1v) is 4.59. The maximum atomic E-state index is 9.76. The summed E-state index contributed by atoms with van der Waals surface area (Å²) in [6.45, 7) is 4.94. The lowest BCUT2D eigenvalue weighted by atomic mass is 9.98. The summed E-state index contributed by atoms with van der Waals surface area (Å²) >= 11 is 0. The molecule has 0 bridgehead atoms. The zero-order valence-corrected chi connectivity index (χ0v) is 8.05. The van der Waals surface area contributed by atoms with Crippen molar-refractivity contribution in [3.8, 4) is 0 Å². The summed E-state index contributed by atoms with van der Waals surface area (Å²) in [5.41, 5.74) is -0.829. The monoisotopic (exact) mass is 176 g/mol. The minimum atomic E-state index is -0.829. The van der Waals surface area contributed by atoms with Crippen LogP contribution in [0.15, 0.2) is 0 Å². The highest BCUT2D eigenvalue weighted by molar-refractivity contribution is 4.75. The predicted molar refractivity (Wildman–Crippen MR) is 48.1 cm³/mol.